The standard InChI is InChI=1S/C23H19Cl2NO/c1-15-5-10-21-20(11-15)23(17-6-8-18(24)9-7-17)22(27-21)14-26-13-16-3-2-4-19(25)12-16/h2-12,26H,13-14H2,1H3. The molecule has 0 unspecified atom stereocenters. The van der Waals surface area contributed by atoms with Gasteiger partial charge in [-0.2, -0.15) is 0 Å². The van der Waals surface area contributed by atoms with Crippen molar-refractivity contribution in [3.05, 3.63) is 93.7 Å². The van der Waals surface area contributed by atoms with Crippen LogP contribution in [0.25, 0.3) is 22.1 Å². The molecule has 3 aromatic carbocycles. The molecule has 0 aliphatic carbocycles. The summed E-state index contributed by atoms with van der Waals surface area (Å²) in [6, 6.07) is 22.0. The molecule has 1 aromatic heterocycles. The summed E-state index contributed by atoms with van der Waals surface area (Å²) in [5, 5.41) is 6.06. The van der Waals surface area contributed by atoms with E-state index in [9.17, 15) is 0 Å². The van der Waals surface area contributed by atoms with Gasteiger partial charge in [-0.1, -0.05) is 59.1 Å². The van der Waals surface area contributed by atoms with Gasteiger partial charge in [0.15, 0.2) is 0 Å². The summed E-state index contributed by atoms with van der Waals surface area (Å²) in [7, 11) is 0. The smallest absolute Gasteiger partial charge is 0.135 e. The van der Waals surface area contributed by atoms with E-state index < -0.39 is 0 Å². The lowest BCUT2D eigenvalue weighted by Crippen LogP contribution is -2.12. The summed E-state index contributed by atoms with van der Waals surface area (Å²) in [5.74, 6) is 0.917. The van der Waals surface area contributed by atoms with E-state index in [4.69, 9.17) is 27.6 Å². The van der Waals surface area contributed by atoms with E-state index in [-0.39, 0.29) is 0 Å². The topological polar surface area (TPSA) is 25.2 Å². The van der Waals surface area contributed by atoms with Gasteiger partial charge in [0.05, 0.1) is 6.54 Å². The molecule has 4 aromatic rings. The lowest BCUT2D eigenvalue weighted by Gasteiger charge is -2.07. The van der Waals surface area contributed by atoms with Gasteiger partial charge in [-0.05, 0) is 54.4 Å². The van der Waals surface area contributed by atoms with Crippen LogP contribution in [0.15, 0.2) is 71.1 Å². The van der Waals surface area contributed by atoms with Crippen LogP contribution in [0.5, 0.6) is 0 Å². The highest BCUT2D eigenvalue weighted by Gasteiger charge is 2.16. The Kier molecular flexibility index (Phi) is 5.22. The Morgan fingerprint density at radius 2 is 1.67 bits per heavy atom. The number of benzene rings is 3. The predicted molar refractivity (Wildman–Crippen MR) is 113 cm³/mol. The average Bonchev–Trinajstić information content (AvgIpc) is 3.00. The zero-order valence-corrected chi connectivity index (χ0v) is 16.4. The van der Waals surface area contributed by atoms with Gasteiger partial charge in [0.1, 0.15) is 11.3 Å². The second kappa shape index (κ2) is 7.77. The minimum Gasteiger partial charge on any atom is -0.459 e. The first-order valence-corrected chi connectivity index (χ1v) is 9.59. The van der Waals surface area contributed by atoms with Gasteiger partial charge < -0.3 is 9.73 Å². The van der Waals surface area contributed by atoms with E-state index in [0.29, 0.717) is 6.54 Å². The SMILES string of the molecule is Cc1ccc2oc(CNCc3cccc(Cl)c3)c(-c3ccc(Cl)cc3)c2c1. The molecule has 2 nitrogen and oxygen atoms in total. The molecular weight excluding hydrogens is 377 g/mol. The first-order chi connectivity index (χ1) is 13.1. The Hall–Kier alpha value is -2.26. The number of halogens is 2. The fourth-order valence-corrected chi connectivity index (χ4v) is 3.63. The highest BCUT2D eigenvalue weighted by atomic mass is 35.5. The first-order valence-electron chi connectivity index (χ1n) is 8.83. The summed E-state index contributed by atoms with van der Waals surface area (Å²) in [5.41, 5.74) is 5.46. The third-order valence-electron chi connectivity index (χ3n) is 4.55. The molecule has 0 amide bonds. The van der Waals surface area contributed by atoms with Gasteiger partial charge in [-0.3, -0.25) is 0 Å². The second-order valence-corrected chi connectivity index (χ2v) is 7.51. The molecule has 136 valence electrons. The normalized spacial score (nSPS) is 11.2. The number of rotatable bonds is 5. The Balaban J connectivity index is 1.67. The van der Waals surface area contributed by atoms with Crippen LogP contribution in [0.3, 0.4) is 0 Å². The van der Waals surface area contributed by atoms with Crippen LogP contribution in [-0.4, -0.2) is 0 Å². The maximum atomic E-state index is 6.18. The molecule has 1 N–H and O–H groups in total. The summed E-state index contributed by atoms with van der Waals surface area (Å²) in [4.78, 5) is 0. The fraction of sp³-hybridized carbons (Fsp3) is 0.130. The van der Waals surface area contributed by atoms with Crippen LogP contribution < -0.4 is 5.32 Å². The largest absolute Gasteiger partial charge is 0.459 e. The molecule has 0 bridgehead atoms. The maximum Gasteiger partial charge on any atom is 0.135 e. The third-order valence-corrected chi connectivity index (χ3v) is 5.04. The number of aryl methyl sites for hydroxylation is 1. The predicted octanol–water partition coefficient (Wildman–Crippen LogP) is 7.00. The van der Waals surface area contributed by atoms with Crippen molar-refractivity contribution in [2.24, 2.45) is 0 Å². The molecule has 27 heavy (non-hydrogen) atoms. The number of hydrogen-bond acceptors (Lipinski definition) is 2. The Morgan fingerprint density at radius 1 is 0.852 bits per heavy atom. The van der Waals surface area contributed by atoms with Gasteiger partial charge >= 0.3 is 0 Å². The van der Waals surface area contributed by atoms with E-state index in [1.54, 1.807) is 0 Å². The van der Waals surface area contributed by atoms with Gasteiger partial charge in [0.25, 0.3) is 0 Å². The van der Waals surface area contributed by atoms with Crippen LogP contribution in [0.4, 0.5) is 0 Å². The minimum absolute atomic E-state index is 0.623. The van der Waals surface area contributed by atoms with Crippen molar-refractivity contribution in [3.63, 3.8) is 0 Å². The molecule has 1 heterocycles. The molecule has 0 saturated carbocycles. The Morgan fingerprint density at radius 3 is 2.44 bits per heavy atom. The summed E-state index contributed by atoms with van der Waals surface area (Å²) in [6.45, 7) is 3.43. The van der Waals surface area contributed by atoms with Gasteiger partial charge in [-0.25, -0.2) is 0 Å². The summed E-state index contributed by atoms with van der Waals surface area (Å²) >= 11 is 12.1. The Bertz CT molecular complexity index is 1080. The number of nitrogens with one attached hydrogen (secondary N) is 1. The summed E-state index contributed by atoms with van der Waals surface area (Å²) < 4.78 is 6.18. The fourth-order valence-electron chi connectivity index (χ4n) is 3.29. The van der Waals surface area contributed by atoms with Crippen molar-refractivity contribution < 1.29 is 4.42 Å². The lowest BCUT2D eigenvalue weighted by molar-refractivity contribution is 0.515. The molecule has 0 spiro atoms. The van der Waals surface area contributed by atoms with Crippen molar-refractivity contribution in [1.82, 2.24) is 5.32 Å². The van der Waals surface area contributed by atoms with Gasteiger partial charge in [-0.15, -0.1) is 0 Å². The molecule has 0 aliphatic heterocycles. The van der Waals surface area contributed by atoms with Crippen molar-refractivity contribution in [2.75, 3.05) is 0 Å². The molecule has 0 aliphatic rings. The summed E-state index contributed by atoms with van der Waals surface area (Å²) in [6.07, 6.45) is 0. The lowest BCUT2D eigenvalue weighted by atomic mass is 10.0. The van der Waals surface area contributed by atoms with Crippen molar-refractivity contribution >= 4 is 34.2 Å². The van der Waals surface area contributed by atoms with Crippen LogP contribution in [0.2, 0.25) is 10.0 Å². The van der Waals surface area contributed by atoms with Crippen molar-refractivity contribution in [3.8, 4) is 11.1 Å². The molecule has 0 atom stereocenters. The van der Waals surface area contributed by atoms with Crippen molar-refractivity contribution in [1.29, 1.82) is 0 Å². The average molecular weight is 396 g/mol. The van der Waals surface area contributed by atoms with E-state index in [0.717, 1.165) is 50.0 Å². The third kappa shape index (κ3) is 4.03. The Labute approximate surface area is 168 Å². The molecule has 4 heteroatoms. The first kappa shape index (κ1) is 18.1. The number of fused-ring (bicyclic) bond motifs is 1. The van der Waals surface area contributed by atoms with Gasteiger partial charge in [0, 0.05) is 27.5 Å². The molecule has 4 rings (SSSR count). The van der Waals surface area contributed by atoms with E-state index >= 15 is 0 Å². The van der Waals surface area contributed by atoms with Crippen LogP contribution in [0, 0.1) is 6.92 Å². The van der Waals surface area contributed by atoms with E-state index in [1.807, 2.05) is 48.5 Å². The van der Waals surface area contributed by atoms with Gasteiger partial charge in [0.2, 0.25) is 0 Å². The molecule has 0 saturated heterocycles. The van der Waals surface area contributed by atoms with Crippen LogP contribution in [-0.2, 0) is 13.1 Å². The second-order valence-electron chi connectivity index (χ2n) is 6.64. The zero-order valence-electron chi connectivity index (χ0n) is 14.9. The zero-order chi connectivity index (χ0) is 18.8. The van der Waals surface area contributed by atoms with Crippen molar-refractivity contribution in [2.45, 2.75) is 20.0 Å². The number of furan rings is 1. The highest BCUT2D eigenvalue weighted by molar-refractivity contribution is 6.30. The van der Waals surface area contributed by atoms with Crippen LogP contribution in [0.1, 0.15) is 16.9 Å². The maximum absolute atomic E-state index is 6.18. The minimum atomic E-state index is 0.623. The monoisotopic (exact) mass is 395 g/mol. The van der Waals surface area contributed by atoms with E-state index in [1.165, 1.54) is 5.56 Å². The van der Waals surface area contributed by atoms with Crippen LogP contribution >= 0.6 is 23.2 Å². The number of hydrogen-bond donors (Lipinski definition) is 1. The quantitative estimate of drug-likeness (QED) is 0.393. The van der Waals surface area contributed by atoms with E-state index in [2.05, 4.69) is 30.4 Å². The molecule has 0 fully saturated rings. The molecule has 0 radical (unpaired) electrons. The molecular formula is C23H19Cl2NO. The highest BCUT2D eigenvalue weighted by Crippen LogP contribution is 2.36.